The number of nitrogens with one attached hydrogen (secondary N) is 2. The van der Waals surface area contributed by atoms with Gasteiger partial charge in [0.2, 0.25) is 11.8 Å². The van der Waals surface area contributed by atoms with E-state index in [1.54, 1.807) is 0 Å². The second-order valence-corrected chi connectivity index (χ2v) is 5.44. The second kappa shape index (κ2) is 8.16. The van der Waals surface area contributed by atoms with Crippen LogP contribution >= 0.6 is 27.7 Å². The summed E-state index contributed by atoms with van der Waals surface area (Å²) in [6.45, 7) is 2.44. The molecule has 0 aliphatic carbocycles. The third kappa shape index (κ3) is 6.07. The van der Waals surface area contributed by atoms with Crippen molar-refractivity contribution < 1.29 is 9.59 Å². The Morgan fingerprint density at radius 3 is 2.44 bits per heavy atom. The maximum absolute atomic E-state index is 11.5. The van der Waals surface area contributed by atoms with Crippen molar-refractivity contribution in [2.75, 3.05) is 18.8 Å². The van der Waals surface area contributed by atoms with Crippen LogP contribution in [0.1, 0.15) is 6.92 Å². The molecule has 1 aromatic rings. The molecule has 6 heteroatoms. The van der Waals surface area contributed by atoms with Gasteiger partial charge in [0.15, 0.2) is 0 Å². The third-order valence-electron chi connectivity index (χ3n) is 2.00. The van der Waals surface area contributed by atoms with Gasteiger partial charge in [-0.05, 0) is 31.2 Å². The van der Waals surface area contributed by atoms with Crippen LogP contribution in [0.25, 0.3) is 0 Å². The number of carbonyl (C=O) groups is 2. The van der Waals surface area contributed by atoms with Crippen molar-refractivity contribution >= 4 is 39.5 Å². The van der Waals surface area contributed by atoms with E-state index in [2.05, 4.69) is 26.6 Å². The van der Waals surface area contributed by atoms with Crippen LogP contribution in [-0.2, 0) is 9.59 Å². The summed E-state index contributed by atoms with van der Waals surface area (Å²) in [5.41, 5.74) is 0. The van der Waals surface area contributed by atoms with E-state index in [-0.39, 0.29) is 18.4 Å². The van der Waals surface area contributed by atoms with E-state index in [1.165, 1.54) is 11.8 Å². The van der Waals surface area contributed by atoms with Gasteiger partial charge in [0, 0.05) is 15.9 Å². The van der Waals surface area contributed by atoms with Crippen LogP contribution in [0, 0.1) is 0 Å². The van der Waals surface area contributed by atoms with Crippen molar-refractivity contribution in [3.05, 3.63) is 28.7 Å². The Hall–Kier alpha value is -1.01. The molecule has 2 amide bonds. The molecular formula is C12H15BrN2O2S. The molecule has 98 valence electrons. The molecule has 0 fully saturated rings. The van der Waals surface area contributed by atoms with Crippen LogP contribution < -0.4 is 10.6 Å². The van der Waals surface area contributed by atoms with E-state index in [1.807, 2.05) is 31.2 Å². The molecule has 0 heterocycles. The molecule has 18 heavy (non-hydrogen) atoms. The molecule has 0 bridgehead atoms. The van der Waals surface area contributed by atoms with Crippen molar-refractivity contribution in [2.24, 2.45) is 0 Å². The van der Waals surface area contributed by atoms with Crippen molar-refractivity contribution in [1.82, 2.24) is 10.6 Å². The van der Waals surface area contributed by atoms with Crippen molar-refractivity contribution in [3.63, 3.8) is 0 Å². The maximum atomic E-state index is 11.5. The number of rotatable bonds is 6. The summed E-state index contributed by atoms with van der Waals surface area (Å²) in [6, 6.07) is 7.72. The van der Waals surface area contributed by atoms with E-state index in [9.17, 15) is 9.59 Å². The van der Waals surface area contributed by atoms with Crippen LogP contribution in [0.5, 0.6) is 0 Å². The maximum Gasteiger partial charge on any atom is 0.239 e. The predicted octanol–water partition coefficient (Wildman–Crippen LogP) is 1.79. The summed E-state index contributed by atoms with van der Waals surface area (Å²) in [7, 11) is 0. The molecule has 0 atom stereocenters. The molecule has 0 aliphatic heterocycles. The van der Waals surface area contributed by atoms with Gasteiger partial charge in [-0.25, -0.2) is 0 Å². The zero-order valence-electron chi connectivity index (χ0n) is 10.0. The van der Waals surface area contributed by atoms with Gasteiger partial charge in [-0.2, -0.15) is 0 Å². The topological polar surface area (TPSA) is 58.2 Å². The van der Waals surface area contributed by atoms with E-state index >= 15 is 0 Å². The van der Waals surface area contributed by atoms with E-state index in [4.69, 9.17) is 0 Å². The van der Waals surface area contributed by atoms with Gasteiger partial charge in [-0.3, -0.25) is 9.59 Å². The van der Waals surface area contributed by atoms with Gasteiger partial charge in [-0.1, -0.05) is 15.9 Å². The standard InChI is InChI=1S/C12H15BrN2O2S/c1-2-14-11(16)7-15-12(17)8-18-10-5-3-9(13)4-6-10/h3-6H,2,7-8H2,1H3,(H,14,16)(H,15,17). The molecule has 0 spiro atoms. The normalized spacial score (nSPS) is 9.89. The van der Waals surface area contributed by atoms with Gasteiger partial charge in [0.05, 0.1) is 12.3 Å². The monoisotopic (exact) mass is 330 g/mol. The number of amides is 2. The van der Waals surface area contributed by atoms with Gasteiger partial charge >= 0.3 is 0 Å². The molecule has 0 aliphatic rings. The Bertz CT molecular complexity index is 409. The summed E-state index contributed by atoms with van der Waals surface area (Å²) >= 11 is 4.79. The molecule has 0 radical (unpaired) electrons. The Labute approximate surface area is 119 Å². The summed E-state index contributed by atoms with van der Waals surface area (Å²) in [4.78, 5) is 23.6. The number of hydrogen-bond donors (Lipinski definition) is 2. The Kier molecular flexibility index (Phi) is 6.82. The molecule has 0 saturated carbocycles. The summed E-state index contributed by atoms with van der Waals surface area (Å²) in [6.07, 6.45) is 0. The number of hydrogen-bond acceptors (Lipinski definition) is 3. The lowest BCUT2D eigenvalue weighted by atomic mass is 10.4. The molecule has 0 unspecified atom stereocenters. The highest BCUT2D eigenvalue weighted by Gasteiger charge is 2.05. The fourth-order valence-corrected chi connectivity index (χ4v) is 2.16. The molecule has 2 N–H and O–H groups in total. The molecule has 1 rings (SSSR count). The van der Waals surface area contributed by atoms with Crippen LogP contribution in [-0.4, -0.2) is 30.7 Å². The lowest BCUT2D eigenvalue weighted by Gasteiger charge is -2.05. The zero-order valence-corrected chi connectivity index (χ0v) is 12.4. The number of benzene rings is 1. The summed E-state index contributed by atoms with van der Waals surface area (Å²) in [5.74, 6) is -0.00484. The van der Waals surface area contributed by atoms with Crippen LogP contribution in [0.15, 0.2) is 33.6 Å². The molecule has 0 saturated heterocycles. The fourth-order valence-electron chi connectivity index (χ4n) is 1.17. The average molecular weight is 331 g/mol. The van der Waals surface area contributed by atoms with E-state index in [0.717, 1.165) is 9.37 Å². The molecular weight excluding hydrogens is 316 g/mol. The number of carbonyl (C=O) groups excluding carboxylic acids is 2. The van der Waals surface area contributed by atoms with Gasteiger partial charge in [-0.15, -0.1) is 11.8 Å². The Morgan fingerprint density at radius 1 is 1.17 bits per heavy atom. The molecule has 0 aromatic heterocycles. The lowest BCUT2D eigenvalue weighted by molar-refractivity contribution is -0.124. The molecule has 4 nitrogen and oxygen atoms in total. The highest BCUT2D eigenvalue weighted by atomic mass is 79.9. The minimum Gasteiger partial charge on any atom is -0.355 e. The highest BCUT2D eigenvalue weighted by Crippen LogP contribution is 2.20. The zero-order chi connectivity index (χ0) is 13.4. The van der Waals surface area contributed by atoms with E-state index in [0.29, 0.717) is 12.3 Å². The third-order valence-corrected chi connectivity index (χ3v) is 3.54. The first kappa shape index (κ1) is 15.0. The van der Waals surface area contributed by atoms with Gasteiger partial charge < -0.3 is 10.6 Å². The van der Waals surface area contributed by atoms with Crippen LogP contribution in [0.2, 0.25) is 0 Å². The van der Waals surface area contributed by atoms with Crippen molar-refractivity contribution in [2.45, 2.75) is 11.8 Å². The first-order chi connectivity index (χ1) is 8.61. The Balaban J connectivity index is 2.24. The predicted molar refractivity (Wildman–Crippen MR) is 76.6 cm³/mol. The first-order valence-electron chi connectivity index (χ1n) is 5.53. The SMILES string of the molecule is CCNC(=O)CNC(=O)CSc1ccc(Br)cc1. The van der Waals surface area contributed by atoms with E-state index < -0.39 is 0 Å². The number of halogens is 1. The minimum absolute atomic E-state index is 0.0353. The van der Waals surface area contributed by atoms with Gasteiger partial charge in [0.1, 0.15) is 0 Å². The fraction of sp³-hybridized carbons (Fsp3) is 0.333. The minimum atomic E-state index is -0.167. The lowest BCUT2D eigenvalue weighted by Crippen LogP contribution is -2.37. The smallest absolute Gasteiger partial charge is 0.239 e. The molecule has 1 aromatic carbocycles. The van der Waals surface area contributed by atoms with Crippen LogP contribution in [0.4, 0.5) is 0 Å². The van der Waals surface area contributed by atoms with Crippen molar-refractivity contribution in [1.29, 1.82) is 0 Å². The van der Waals surface area contributed by atoms with Gasteiger partial charge in [0.25, 0.3) is 0 Å². The highest BCUT2D eigenvalue weighted by molar-refractivity contribution is 9.10. The second-order valence-electron chi connectivity index (χ2n) is 3.47. The van der Waals surface area contributed by atoms with Crippen LogP contribution in [0.3, 0.4) is 0 Å². The van der Waals surface area contributed by atoms with Crippen molar-refractivity contribution in [3.8, 4) is 0 Å². The number of likely N-dealkylation sites (N-methyl/N-ethyl adjacent to an activating group) is 1. The summed E-state index contributed by atoms with van der Waals surface area (Å²) in [5, 5.41) is 5.18. The number of thioether (sulfide) groups is 1. The quantitative estimate of drug-likeness (QED) is 0.782. The largest absolute Gasteiger partial charge is 0.355 e. The summed E-state index contributed by atoms with van der Waals surface area (Å²) < 4.78 is 1.01. The Morgan fingerprint density at radius 2 is 1.83 bits per heavy atom. The average Bonchev–Trinajstić information content (AvgIpc) is 2.36. The first-order valence-corrected chi connectivity index (χ1v) is 7.31.